The Hall–Kier alpha value is -2.36. The minimum absolute atomic E-state index is 0.0834. The Morgan fingerprint density at radius 3 is 2.50 bits per heavy atom. The van der Waals surface area contributed by atoms with Gasteiger partial charge in [0.1, 0.15) is 5.82 Å². The first-order valence-electron chi connectivity index (χ1n) is 8.69. The van der Waals surface area contributed by atoms with Crippen molar-refractivity contribution in [2.24, 2.45) is 0 Å². The molecule has 0 saturated heterocycles. The fourth-order valence-corrected chi connectivity index (χ4v) is 2.69. The van der Waals surface area contributed by atoms with Crippen LogP contribution in [0.3, 0.4) is 0 Å². The maximum atomic E-state index is 12.7. The fourth-order valence-electron chi connectivity index (χ4n) is 2.69. The molecule has 128 valence electrons. The quantitative estimate of drug-likeness (QED) is 0.788. The zero-order valence-electron chi connectivity index (χ0n) is 14.9. The number of anilines is 1. The Kier molecular flexibility index (Phi) is 6.79. The van der Waals surface area contributed by atoms with Gasteiger partial charge in [0.25, 0.3) is 5.91 Å². The first kappa shape index (κ1) is 18.0. The smallest absolute Gasteiger partial charge is 0.254 e. The molecule has 0 fully saturated rings. The normalized spacial score (nSPS) is 10.5. The summed E-state index contributed by atoms with van der Waals surface area (Å²) in [5, 5.41) is 3.32. The minimum Gasteiger partial charge on any atom is -0.366 e. The standard InChI is InChI=1S/C20H27N3O/c1-4-12-23(13-5-2)20(24)17-10-11-21-19(14-17)22-15-18-9-7-6-8-16(18)3/h6-11,14H,4-5,12-13,15H2,1-3H3,(H,21,22). The number of aromatic nitrogens is 1. The molecule has 4 nitrogen and oxygen atoms in total. The van der Waals surface area contributed by atoms with Gasteiger partial charge < -0.3 is 10.2 Å². The van der Waals surface area contributed by atoms with Gasteiger partial charge in [-0.1, -0.05) is 38.1 Å². The third-order valence-electron chi connectivity index (χ3n) is 4.00. The SMILES string of the molecule is CCCN(CCC)C(=O)c1ccnc(NCc2ccccc2C)c1. The molecule has 0 radical (unpaired) electrons. The molecule has 1 amide bonds. The van der Waals surface area contributed by atoms with Crippen molar-refractivity contribution in [1.82, 2.24) is 9.88 Å². The van der Waals surface area contributed by atoms with Crippen LogP contribution in [0.5, 0.6) is 0 Å². The average molecular weight is 325 g/mol. The van der Waals surface area contributed by atoms with E-state index in [0.717, 1.165) is 31.7 Å². The molecule has 1 heterocycles. The lowest BCUT2D eigenvalue weighted by Gasteiger charge is -2.21. The second-order valence-electron chi connectivity index (χ2n) is 6.00. The van der Waals surface area contributed by atoms with E-state index in [-0.39, 0.29) is 5.91 Å². The van der Waals surface area contributed by atoms with Gasteiger partial charge in [0.15, 0.2) is 0 Å². The summed E-state index contributed by atoms with van der Waals surface area (Å²) in [5.41, 5.74) is 3.17. The summed E-state index contributed by atoms with van der Waals surface area (Å²) in [6.45, 7) is 8.57. The number of rotatable bonds is 8. The van der Waals surface area contributed by atoms with Crippen LogP contribution in [0, 0.1) is 6.92 Å². The zero-order valence-corrected chi connectivity index (χ0v) is 14.9. The highest BCUT2D eigenvalue weighted by Crippen LogP contribution is 2.13. The number of aryl methyl sites for hydroxylation is 1. The van der Waals surface area contributed by atoms with Gasteiger partial charge in [-0.05, 0) is 43.0 Å². The molecule has 0 atom stereocenters. The molecule has 24 heavy (non-hydrogen) atoms. The molecule has 4 heteroatoms. The van der Waals surface area contributed by atoms with Crippen molar-refractivity contribution < 1.29 is 4.79 Å². The predicted octanol–water partition coefficient (Wildman–Crippen LogP) is 4.26. The fraction of sp³-hybridized carbons (Fsp3) is 0.400. The summed E-state index contributed by atoms with van der Waals surface area (Å²) in [7, 11) is 0. The lowest BCUT2D eigenvalue weighted by Crippen LogP contribution is -2.32. The predicted molar refractivity (Wildman–Crippen MR) is 99.2 cm³/mol. The van der Waals surface area contributed by atoms with Gasteiger partial charge >= 0.3 is 0 Å². The number of carbonyl (C=O) groups excluding carboxylic acids is 1. The van der Waals surface area contributed by atoms with E-state index in [1.807, 2.05) is 23.1 Å². The van der Waals surface area contributed by atoms with Crippen molar-refractivity contribution in [1.29, 1.82) is 0 Å². The van der Waals surface area contributed by atoms with Gasteiger partial charge in [0.05, 0.1) is 0 Å². The molecule has 0 aliphatic rings. The molecular weight excluding hydrogens is 298 g/mol. The maximum Gasteiger partial charge on any atom is 0.254 e. The molecule has 0 saturated carbocycles. The van der Waals surface area contributed by atoms with Crippen LogP contribution in [-0.2, 0) is 6.54 Å². The topological polar surface area (TPSA) is 45.2 Å². The number of nitrogens with zero attached hydrogens (tertiary/aromatic N) is 2. The Morgan fingerprint density at radius 2 is 1.83 bits per heavy atom. The highest BCUT2D eigenvalue weighted by atomic mass is 16.2. The second kappa shape index (κ2) is 9.06. The van der Waals surface area contributed by atoms with Crippen molar-refractivity contribution in [2.75, 3.05) is 18.4 Å². The monoisotopic (exact) mass is 325 g/mol. The molecule has 0 aliphatic heterocycles. The van der Waals surface area contributed by atoms with Crippen LogP contribution in [0.15, 0.2) is 42.6 Å². The van der Waals surface area contributed by atoms with E-state index in [9.17, 15) is 4.79 Å². The largest absolute Gasteiger partial charge is 0.366 e. The first-order chi connectivity index (χ1) is 11.7. The van der Waals surface area contributed by atoms with E-state index in [4.69, 9.17) is 0 Å². The molecule has 1 aromatic carbocycles. The van der Waals surface area contributed by atoms with Crippen LogP contribution in [0.2, 0.25) is 0 Å². The molecule has 2 rings (SSSR count). The molecule has 1 aromatic heterocycles. The molecule has 1 N–H and O–H groups in total. The third-order valence-corrected chi connectivity index (χ3v) is 4.00. The summed E-state index contributed by atoms with van der Waals surface area (Å²) in [5.74, 6) is 0.817. The first-order valence-corrected chi connectivity index (χ1v) is 8.69. The number of hydrogen-bond acceptors (Lipinski definition) is 3. The van der Waals surface area contributed by atoms with Crippen LogP contribution in [0.4, 0.5) is 5.82 Å². The summed E-state index contributed by atoms with van der Waals surface area (Å²) < 4.78 is 0. The summed E-state index contributed by atoms with van der Waals surface area (Å²) in [6.07, 6.45) is 3.63. The Morgan fingerprint density at radius 1 is 1.12 bits per heavy atom. The molecule has 0 unspecified atom stereocenters. The number of hydrogen-bond donors (Lipinski definition) is 1. The molecule has 2 aromatic rings. The Balaban J connectivity index is 2.07. The Bertz CT molecular complexity index is 663. The molecule has 0 aliphatic carbocycles. The summed E-state index contributed by atoms with van der Waals surface area (Å²) >= 11 is 0. The van der Waals surface area contributed by atoms with Crippen LogP contribution in [0.25, 0.3) is 0 Å². The number of carbonyl (C=O) groups is 1. The minimum atomic E-state index is 0.0834. The number of amides is 1. The van der Waals surface area contributed by atoms with Crippen molar-refractivity contribution in [3.8, 4) is 0 Å². The van der Waals surface area contributed by atoms with Gasteiger partial charge in [-0.2, -0.15) is 0 Å². The van der Waals surface area contributed by atoms with Crippen LogP contribution < -0.4 is 5.32 Å². The van der Waals surface area contributed by atoms with E-state index in [0.29, 0.717) is 12.1 Å². The van der Waals surface area contributed by atoms with E-state index in [2.05, 4.69) is 43.2 Å². The van der Waals surface area contributed by atoms with Crippen LogP contribution >= 0.6 is 0 Å². The van der Waals surface area contributed by atoms with Gasteiger partial charge in [0, 0.05) is 31.4 Å². The van der Waals surface area contributed by atoms with Crippen LogP contribution in [0.1, 0.15) is 48.2 Å². The number of pyridine rings is 1. The van der Waals surface area contributed by atoms with E-state index < -0.39 is 0 Å². The summed E-state index contributed by atoms with van der Waals surface area (Å²) in [6, 6.07) is 11.9. The highest BCUT2D eigenvalue weighted by molar-refractivity contribution is 5.94. The van der Waals surface area contributed by atoms with E-state index in [1.54, 1.807) is 12.3 Å². The van der Waals surface area contributed by atoms with E-state index in [1.165, 1.54) is 11.1 Å². The van der Waals surface area contributed by atoms with Crippen molar-refractivity contribution >= 4 is 11.7 Å². The average Bonchev–Trinajstić information content (AvgIpc) is 2.60. The van der Waals surface area contributed by atoms with Gasteiger partial charge in [-0.25, -0.2) is 4.98 Å². The number of benzene rings is 1. The lowest BCUT2D eigenvalue weighted by atomic mass is 10.1. The molecular formula is C20H27N3O. The van der Waals surface area contributed by atoms with Crippen molar-refractivity contribution in [3.63, 3.8) is 0 Å². The summed E-state index contributed by atoms with van der Waals surface area (Å²) in [4.78, 5) is 18.9. The molecule has 0 bridgehead atoms. The lowest BCUT2D eigenvalue weighted by molar-refractivity contribution is 0.0755. The maximum absolute atomic E-state index is 12.7. The third kappa shape index (κ3) is 4.82. The van der Waals surface area contributed by atoms with Crippen molar-refractivity contribution in [2.45, 2.75) is 40.2 Å². The highest BCUT2D eigenvalue weighted by Gasteiger charge is 2.14. The van der Waals surface area contributed by atoms with Gasteiger partial charge in [-0.15, -0.1) is 0 Å². The van der Waals surface area contributed by atoms with E-state index >= 15 is 0 Å². The van der Waals surface area contributed by atoms with Crippen molar-refractivity contribution in [3.05, 3.63) is 59.3 Å². The Labute approximate surface area is 144 Å². The second-order valence-corrected chi connectivity index (χ2v) is 6.00. The number of nitrogens with one attached hydrogen (secondary N) is 1. The van der Waals surface area contributed by atoms with Gasteiger partial charge in [-0.3, -0.25) is 4.79 Å². The van der Waals surface area contributed by atoms with Crippen LogP contribution in [-0.4, -0.2) is 28.9 Å². The van der Waals surface area contributed by atoms with Gasteiger partial charge in [0.2, 0.25) is 0 Å². The molecule has 0 spiro atoms. The zero-order chi connectivity index (χ0) is 17.4.